The van der Waals surface area contributed by atoms with Crippen LogP contribution in [0.4, 0.5) is 4.79 Å². The van der Waals surface area contributed by atoms with E-state index in [1.165, 1.54) is 0 Å². The van der Waals surface area contributed by atoms with Gasteiger partial charge in [-0.1, -0.05) is 5.06 Å². The molecule has 14 heavy (non-hydrogen) atoms. The zero-order valence-corrected chi connectivity index (χ0v) is 7.95. The average molecular weight is 222 g/mol. The molecular formula is C7H8ClNO5. The fourth-order valence-corrected chi connectivity index (χ4v) is 0.958. The maximum atomic E-state index is 10.9. The van der Waals surface area contributed by atoms with E-state index >= 15 is 0 Å². The highest BCUT2D eigenvalue weighted by Gasteiger charge is 2.33. The van der Waals surface area contributed by atoms with Gasteiger partial charge in [0.1, 0.15) is 6.61 Å². The molecule has 0 saturated carbocycles. The standard InChI is InChI=1S/C7H8ClNO5/c8-3-4-13-7(12)14-9-5(10)1-2-6(9)11/h1-4H2. The van der Waals surface area contributed by atoms with Gasteiger partial charge in [-0.15, -0.1) is 11.6 Å². The topological polar surface area (TPSA) is 72.9 Å². The van der Waals surface area contributed by atoms with Crippen LogP contribution in [0.1, 0.15) is 12.8 Å². The van der Waals surface area contributed by atoms with E-state index in [0.29, 0.717) is 5.06 Å². The predicted molar refractivity (Wildman–Crippen MR) is 44.2 cm³/mol. The number of imide groups is 1. The largest absolute Gasteiger partial charge is 0.533 e. The molecule has 1 aliphatic heterocycles. The molecule has 6 nitrogen and oxygen atoms in total. The third-order valence-corrected chi connectivity index (χ3v) is 1.62. The molecule has 2 amide bonds. The van der Waals surface area contributed by atoms with Gasteiger partial charge in [0.25, 0.3) is 11.8 Å². The summed E-state index contributed by atoms with van der Waals surface area (Å²) in [4.78, 5) is 37.0. The highest BCUT2D eigenvalue weighted by atomic mass is 35.5. The van der Waals surface area contributed by atoms with E-state index < -0.39 is 18.0 Å². The van der Waals surface area contributed by atoms with Crippen molar-refractivity contribution >= 4 is 29.6 Å². The number of carbonyl (C=O) groups excluding carboxylic acids is 3. The van der Waals surface area contributed by atoms with Crippen molar-refractivity contribution in [3.8, 4) is 0 Å². The molecule has 0 aromatic rings. The molecule has 0 bridgehead atoms. The molecule has 1 heterocycles. The summed E-state index contributed by atoms with van der Waals surface area (Å²) in [6.07, 6.45) is -0.988. The van der Waals surface area contributed by atoms with Crippen LogP contribution in [0.5, 0.6) is 0 Å². The van der Waals surface area contributed by atoms with E-state index in [1.54, 1.807) is 0 Å². The van der Waals surface area contributed by atoms with Crippen molar-refractivity contribution in [3.05, 3.63) is 0 Å². The first-order valence-electron chi connectivity index (χ1n) is 3.91. The van der Waals surface area contributed by atoms with E-state index in [4.69, 9.17) is 11.6 Å². The maximum absolute atomic E-state index is 10.9. The zero-order chi connectivity index (χ0) is 10.6. The van der Waals surface area contributed by atoms with Crippen molar-refractivity contribution in [1.29, 1.82) is 0 Å². The summed E-state index contributed by atoms with van der Waals surface area (Å²) in [5, 5.41) is 0.413. The molecule has 7 heteroatoms. The van der Waals surface area contributed by atoms with Gasteiger partial charge < -0.3 is 4.74 Å². The summed E-state index contributed by atoms with van der Waals surface area (Å²) in [6, 6.07) is 0. The normalized spacial score (nSPS) is 15.9. The lowest BCUT2D eigenvalue weighted by atomic mass is 10.4. The first-order chi connectivity index (χ1) is 6.65. The Kier molecular flexibility index (Phi) is 3.70. The van der Waals surface area contributed by atoms with Gasteiger partial charge >= 0.3 is 6.16 Å². The Morgan fingerprint density at radius 2 is 1.93 bits per heavy atom. The molecule has 0 atom stereocenters. The molecule has 0 radical (unpaired) electrons. The van der Waals surface area contributed by atoms with E-state index in [2.05, 4.69) is 9.57 Å². The fraction of sp³-hybridized carbons (Fsp3) is 0.571. The Hall–Kier alpha value is -1.30. The van der Waals surface area contributed by atoms with Crippen LogP contribution in [0, 0.1) is 0 Å². The molecule has 1 saturated heterocycles. The molecule has 1 rings (SSSR count). The minimum Gasteiger partial charge on any atom is -0.431 e. The maximum Gasteiger partial charge on any atom is 0.533 e. The highest BCUT2D eigenvalue weighted by Crippen LogP contribution is 2.12. The Morgan fingerprint density at radius 1 is 1.36 bits per heavy atom. The molecule has 0 aliphatic carbocycles. The predicted octanol–water partition coefficient (Wildman–Crippen LogP) is 0.442. The van der Waals surface area contributed by atoms with Crippen LogP contribution in [0.3, 0.4) is 0 Å². The molecule has 0 aromatic heterocycles. The number of amides is 2. The van der Waals surface area contributed by atoms with Crippen molar-refractivity contribution < 1.29 is 24.0 Å². The summed E-state index contributed by atoms with van der Waals surface area (Å²) >= 11 is 5.24. The van der Waals surface area contributed by atoms with Crippen LogP contribution in [-0.4, -0.2) is 35.5 Å². The number of rotatable bonds is 3. The van der Waals surface area contributed by atoms with Gasteiger partial charge in [-0.05, 0) is 0 Å². The van der Waals surface area contributed by atoms with Gasteiger partial charge in [-0.3, -0.25) is 14.4 Å². The number of hydroxylamine groups is 2. The SMILES string of the molecule is O=C(OCCCl)ON1C(=O)CCC1=O. The Bertz CT molecular complexity index is 251. The van der Waals surface area contributed by atoms with Crippen molar-refractivity contribution in [1.82, 2.24) is 5.06 Å². The van der Waals surface area contributed by atoms with Crippen molar-refractivity contribution in [2.75, 3.05) is 12.5 Å². The van der Waals surface area contributed by atoms with Crippen LogP contribution >= 0.6 is 11.6 Å². The number of nitrogens with zero attached hydrogens (tertiary/aromatic N) is 1. The van der Waals surface area contributed by atoms with Gasteiger partial charge in [0.2, 0.25) is 0 Å². The second-order valence-electron chi connectivity index (χ2n) is 2.46. The Morgan fingerprint density at radius 3 is 2.43 bits per heavy atom. The second-order valence-corrected chi connectivity index (χ2v) is 2.84. The van der Waals surface area contributed by atoms with E-state index in [9.17, 15) is 14.4 Å². The summed E-state index contributed by atoms with van der Waals surface area (Å²) in [5.41, 5.74) is 0. The van der Waals surface area contributed by atoms with Gasteiger partial charge in [-0.2, -0.15) is 0 Å². The number of alkyl halides is 1. The fourth-order valence-electron chi connectivity index (χ4n) is 0.881. The number of carbonyl (C=O) groups is 3. The number of ether oxygens (including phenoxy) is 1. The summed E-state index contributed by atoms with van der Waals surface area (Å²) in [6.45, 7) is -0.0311. The molecule has 1 aliphatic rings. The lowest BCUT2D eigenvalue weighted by molar-refractivity contribution is -0.176. The van der Waals surface area contributed by atoms with Gasteiger partial charge in [0.05, 0.1) is 5.88 Å². The van der Waals surface area contributed by atoms with Gasteiger partial charge in [0.15, 0.2) is 0 Å². The van der Waals surface area contributed by atoms with E-state index in [1.807, 2.05) is 0 Å². The molecule has 1 fully saturated rings. The molecule has 0 aromatic carbocycles. The van der Waals surface area contributed by atoms with Gasteiger partial charge in [-0.25, -0.2) is 4.79 Å². The third-order valence-electron chi connectivity index (χ3n) is 1.47. The molecule has 78 valence electrons. The highest BCUT2D eigenvalue weighted by molar-refractivity contribution is 6.18. The summed E-state index contributed by atoms with van der Waals surface area (Å²) in [7, 11) is 0. The van der Waals surface area contributed by atoms with Crippen molar-refractivity contribution in [2.45, 2.75) is 12.8 Å². The van der Waals surface area contributed by atoms with Crippen molar-refractivity contribution in [3.63, 3.8) is 0 Å². The Balaban J connectivity index is 2.39. The van der Waals surface area contributed by atoms with Crippen LogP contribution in [-0.2, 0) is 19.2 Å². The Labute approximate surface area is 84.7 Å². The third kappa shape index (κ3) is 2.59. The molecule has 0 N–H and O–H groups in total. The monoisotopic (exact) mass is 221 g/mol. The quantitative estimate of drug-likeness (QED) is 0.393. The number of hydrogen-bond acceptors (Lipinski definition) is 5. The average Bonchev–Trinajstić information content (AvgIpc) is 2.46. The minimum atomic E-state index is -1.10. The molecule has 0 spiro atoms. The van der Waals surface area contributed by atoms with E-state index in [0.717, 1.165) is 0 Å². The van der Waals surface area contributed by atoms with Crippen molar-refractivity contribution in [2.24, 2.45) is 0 Å². The van der Waals surface area contributed by atoms with Crippen LogP contribution in [0.2, 0.25) is 0 Å². The molecule has 0 unspecified atom stereocenters. The molecular weight excluding hydrogens is 214 g/mol. The second kappa shape index (κ2) is 4.80. The first-order valence-corrected chi connectivity index (χ1v) is 4.45. The first kappa shape index (κ1) is 10.8. The minimum absolute atomic E-state index is 0.0311. The smallest absolute Gasteiger partial charge is 0.431 e. The van der Waals surface area contributed by atoms with Crippen LogP contribution in [0.25, 0.3) is 0 Å². The van der Waals surface area contributed by atoms with E-state index in [-0.39, 0.29) is 25.3 Å². The zero-order valence-electron chi connectivity index (χ0n) is 7.19. The number of halogens is 1. The lowest BCUT2D eigenvalue weighted by Crippen LogP contribution is -2.32. The lowest BCUT2D eigenvalue weighted by Gasteiger charge is -2.11. The van der Waals surface area contributed by atoms with Crippen LogP contribution in [0.15, 0.2) is 0 Å². The van der Waals surface area contributed by atoms with Gasteiger partial charge in [0, 0.05) is 12.8 Å². The summed E-state index contributed by atoms with van der Waals surface area (Å²) in [5.74, 6) is -0.965. The number of hydrogen-bond donors (Lipinski definition) is 0. The summed E-state index contributed by atoms with van der Waals surface area (Å²) < 4.78 is 4.41. The van der Waals surface area contributed by atoms with Crippen LogP contribution < -0.4 is 0 Å².